The summed E-state index contributed by atoms with van der Waals surface area (Å²) in [7, 11) is 0. The maximum absolute atomic E-state index is 9.40. The number of anilines is 1. The van der Waals surface area contributed by atoms with Crippen molar-refractivity contribution in [3.05, 3.63) is 76.6 Å². The molecule has 0 fully saturated rings. The number of rotatable bonds is 4. The van der Waals surface area contributed by atoms with Crippen LogP contribution in [0.5, 0.6) is 0 Å². The number of aromatic nitrogens is 3. The Morgan fingerprint density at radius 3 is 2.67 bits per heavy atom. The van der Waals surface area contributed by atoms with E-state index in [1.54, 1.807) is 6.20 Å². The average Bonchev–Trinajstić information content (AvgIpc) is 3.25. The minimum absolute atomic E-state index is 0.513. The lowest BCUT2D eigenvalue weighted by molar-refractivity contribution is 1.00. The van der Waals surface area contributed by atoms with Gasteiger partial charge in [-0.2, -0.15) is 5.26 Å². The summed E-state index contributed by atoms with van der Waals surface area (Å²) in [6, 6.07) is 18.4. The van der Waals surface area contributed by atoms with Crippen LogP contribution in [0.1, 0.15) is 16.5 Å². The lowest BCUT2D eigenvalue weighted by Gasteiger charge is -2.07. The number of allylic oxidation sites excluding steroid dienone is 1. The number of imidazole rings is 1. The maximum Gasteiger partial charge on any atom is 0.135 e. The molecule has 0 bridgehead atoms. The van der Waals surface area contributed by atoms with Crippen molar-refractivity contribution in [2.45, 2.75) is 13.8 Å². The van der Waals surface area contributed by atoms with Crippen molar-refractivity contribution in [2.75, 3.05) is 5.32 Å². The van der Waals surface area contributed by atoms with Crippen LogP contribution in [0.25, 0.3) is 22.3 Å². The summed E-state index contributed by atoms with van der Waals surface area (Å²) in [4.78, 5) is 9.05. The van der Waals surface area contributed by atoms with Gasteiger partial charge in [0.25, 0.3) is 0 Å². The van der Waals surface area contributed by atoms with Gasteiger partial charge in [0.15, 0.2) is 0 Å². The van der Waals surface area contributed by atoms with Gasteiger partial charge < -0.3 is 5.32 Å². The molecule has 27 heavy (non-hydrogen) atoms. The number of para-hydroxylation sites is 1. The van der Waals surface area contributed by atoms with Crippen molar-refractivity contribution in [1.82, 2.24) is 14.5 Å². The molecule has 0 aliphatic rings. The fourth-order valence-corrected chi connectivity index (χ4v) is 3.73. The van der Waals surface area contributed by atoms with Crippen molar-refractivity contribution in [3.8, 4) is 11.8 Å². The average molecular weight is 371 g/mol. The molecule has 2 aromatic heterocycles. The van der Waals surface area contributed by atoms with Crippen molar-refractivity contribution in [2.24, 2.45) is 0 Å². The first-order chi connectivity index (χ1) is 13.2. The summed E-state index contributed by atoms with van der Waals surface area (Å²) in [6.07, 6.45) is 1.69. The summed E-state index contributed by atoms with van der Waals surface area (Å²) in [5, 5.41) is 15.2. The molecule has 0 unspecified atom stereocenters. The van der Waals surface area contributed by atoms with Gasteiger partial charge >= 0.3 is 0 Å². The van der Waals surface area contributed by atoms with Crippen molar-refractivity contribution in [1.29, 1.82) is 5.26 Å². The second-order valence-corrected chi connectivity index (χ2v) is 7.00. The third kappa shape index (κ3) is 3.33. The third-order valence-corrected chi connectivity index (χ3v) is 5.18. The lowest BCUT2D eigenvalue weighted by atomic mass is 10.2. The van der Waals surface area contributed by atoms with Crippen molar-refractivity contribution < 1.29 is 0 Å². The molecule has 0 atom stereocenters. The Labute approximate surface area is 161 Å². The van der Waals surface area contributed by atoms with Gasteiger partial charge in [0.1, 0.15) is 22.5 Å². The highest BCUT2D eigenvalue weighted by Crippen LogP contribution is 2.25. The second-order valence-electron chi connectivity index (χ2n) is 6.14. The zero-order valence-electron chi connectivity index (χ0n) is 15.0. The molecule has 0 radical (unpaired) electrons. The van der Waals surface area contributed by atoms with Crippen LogP contribution in [0.2, 0.25) is 0 Å². The van der Waals surface area contributed by atoms with Crippen molar-refractivity contribution >= 4 is 33.6 Å². The zero-order valence-corrected chi connectivity index (χ0v) is 15.8. The molecular formula is C21H17N5S. The van der Waals surface area contributed by atoms with Gasteiger partial charge in [-0.1, -0.05) is 18.2 Å². The molecule has 1 N–H and O–H groups in total. The first-order valence-corrected chi connectivity index (χ1v) is 9.37. The molecule has 2 aromatic carbocycles. The number of hydrogen-bond acceptors (Lipinski definition) is 5. The molecule has 132 valence electrons. The van der Waals surface area contributed by atoms with Gasteiger partial charge in [0, 0.05) is 28.6 Å². The van der Waals surface area contributed by atoms with Gasteiger partial charge in [-0.15, -0.1) is 11.3 Å². The molecular weight excluding hydrogens is 354 g/mol. The number of aryl methyl sites for hydroxylation is 2. The molecule has 0 aliphatic carbocycles. The summed E-state index contributed by atoms with van der Waals surface area (Å²) in [6.45, 7) is 3.92. The van der Waals surface area contributed by atoms with Gasteiger partial charge in [-0.3, -0.25) is 4.57 Å². The quantitative estimate of drug-likeness (QED) is 0.508. The number of nitrogens with one attached hydrogen (secondary N) is 1. The first kappa shape index (κ1) is 17.0. The Kier molecular flexibility index (Phi) is 4.45. The van der Waals surface area contributed by atoms with Crippen LogP contribution >= 0.6 is 11.3 Å². The predicted molar refractivity (Wildman–Crippen MR) is 110 cm³/mol. The van der Waals surface area contributed by atoms with Gasteiger partial charge in [0.2, 0.25) is 0 Å². The van der Waals surface area contributed by atoms with Crippen LogP contribution in [0, 0.1) is 25.2 Å². The molecule has 4 aromatic rings. The SMILES string of the molecule is Cc1csc(/C(C#N)=C/Nc2ccc3c(c2)nc(C)n3-c2ccccc2)n1. The number of benzene rings is 2. The number of thiazole rings is 1. The highest BCUT2D eigenvalue weighted by atomic mass is 32.1. The summed E-state index contributed by atoms with van der Waals surface area (Å²) in [5.74, 6) is 0.930. The minimum Gasteiger partial charge on any atom is -0.360 e. The summed E-state index contributed by atoms with van der Waals surface area (Å²) < 4.78 is 2.13. The Bertz CT molecular complexity index is 1180. The fourth-order valence-electron chi connectivity index (χ4n) is 2.97. The van der Waals surface area contributed by atoms with E-state index in [4.69, 9.17) is 0 Å². The van der Waals surface area contributed by atoms with Crippen LogP contribution in [-0.2, 0) is 0 Å². The van der Waals surface area contributed by atoms with E-state index in [9.17, 15) is 5.26 Å². The largest absolute Gasteiger partial charge is 0.360 e. The number of nitriles is 1. The minimum atomic E-state index is 0.513. The van der Waals surface area contributed by atoms with Crippen molar-refractivity contribution in [3.63, 3.8) is 0 Å². The monoisotopic (exact) mass is 371 g/mol. The normalized spacial score (nSPS) is 11.5. The number of nitrogens with zero attached hydrogens (tertiary/aromatic N) is 4. The van der Waals surface area contributed by atoms with E-state index >= 15 is 0 Å². The Morgan fingerprint density at radius 1 is 1.15 bits per heavy atom. The van der Waals surface area contributed by atoms with E-state index in [0.29, 0.717) is 10.6 Å². The highest BCUT2D eigenvalue weighted by molar-refractivity contribution is 7.10. The zero-order chi connectivity index (χ0) is 18.8. The molecule has 2 heterocycles. The molecule has 0 spiro atoms. The van der Waals surface area contributed by atoms with Crippen LogP contribution in [0.4, 0.5) is 5.69 Å². The molecule has 5 nitrogen and oxygen atoms in total. The van der Waals surface area contributed by atoms with Gasteiger partial charge in [-0.25, -0.2) is 9.97 Å². The Balaban J connectivity index is 1.67. The van der Waals surface area contributed by atoms with Gasteiger partial charge in [-0.05, 0) is 44.2 Å². The smallest absolute Gasteiger partial charge is 0.135 e. The van der Waals surface area contributed by atoms with Crippen LogP contribution < -0.4 is 5.32 Å². The standard InChI is InChI=1S/C21H17N5S/c1-14-13-27-21(24-14)16(11-22)12-23-17-8-9-20-19(10-17)25-15(2)26(20)18-6-4-3-5-7-18/h3-10,12-13,23H,1-2H3/b16-12+. The molecule has 0 saturated carbocycles. The van der Waals surface area contributed by atoms with E-state index in [1.165, 1.54) is 11.3 Å². The molecule has 0 aliphatic heterocycles. The van der Waals surface area contributed by atoms with Crippen LogP contribution in [-0.4, -0.2) is 14.5 Å². The van der Waals surface area contributed by atoms with E-state index in [-0.39, 0.29) is 0 Å². The molecule has 0 amide bonds. The van der Waals surface area contributed by atoms with E-state index in [0.717, 1.165) is 33.9 Å². The lowest BCUT2D eigenvalue weighted by Crippen LogP contribution is -1.96. The Hall–Kier alpha value is -3.43. The third-order valence-electron chi connectivity index (χ3n) is 4.19. The summed E-state index contributed by atoms with van der Waals surface area (Å²) >= 11 is 1.47. The van der Waals surface area contributed by atoms with E-state index in [1.807, 2.05) is 55.6 Å². The molecule has 0 saturated heterocycles. The number of hydrogen-bond donors (Lipinski definition) is 1. The number of fused-ring (bicyclic) bond motifs is 1. The Morgan fingerprint density at radius 2 is 1.96 bits per heavy atom. The van der Waals surface area contributed by atoms with E-state index < -0.39 is 0 Å². The van der Waals surface area contributed by atoms with E-state index in [2.05, 4.69) is 38.1 Å². The maximum atomic E-state index is 9.40. The van der Waals surface area contributed by atoms with Crippen LogP contribution in [0.3, 0.4) is 0 Å². The van der Waals surface area contributed by atoms with Gasteiger partial charge in [0.05, 0.1) is 11.0 Å². The fraction of sp³-hybridized carbons (Fsp3) is 0.0952. The molecule has 4 rings (SSSR count). The second kappa shape index (κ2) is 7.06. The first-order valence-electron chi connectivity index (χ1n) is 8.49. The van der Waals surface area contributed by atoms with Crippen LogP contribution in [0.15, 0.2) is 60.1 Å². The summed E-state index contributed by atoms with van der Waals surface area (Å²) in [5.41, 5.74) is 5.34. The molecule has 6 heteroatoms. The predicted octanol–water partition coefficient (Wildman–Crippen LogP) is 5.08. The topological polar surface area (TPSA) is 66.5 Å². The highest BCUT2D eigenvalue weighted by Gasteiger charge is 2.10.